The van der Waals surface area contributed by atoms with Crippen molar-refractivity contribution < 1.29 is 0 Å². The first kappa shape index (κ1) is 8.79. The summed E-state index contributed by atoms with van der Waals surface area (Å²) in [5.74, 6) is 0. The predicted octanol–water partition coefficient (Wildman–Crippen LogP) is 3.57. The van der Waals surface area contributed by atoms with Gasteiger partial charge in [0.05, 0.1) is 0 Å². The van der Waals surface area contributed by atoms with E-state index in [1.165, 1.54) is 5.57 Å². The highest BCUT2D eigenvalue weighted by Crippen LogP contribution is 2.33. The van der Waals surface area contributed by atoms with Crippen LogP contribution >= 0.6 is 31.4 Å². The molecule has 48 valence electrons. The monoisotopic (exact) mass is 166 g/mol. The summed E-state index contributed by atoms with van der Waals surface area (Å²) >= 11 is 0. The third-order valence-electron chi connectivity index (χ3n) is 0.391. The lowest BCUT2D eigenvalue weighted by atomic mass is 10.4. The van der Waals surface area contributed by atoms with Gasteiger partial charge in [-0.3, -0.25) is 0 Å². The van der Waals surface area contributed by atoms with E-state index in [4.69, 9.17) is 0 Å². The molecule has 0 fully saturated rings. The van der Waals surface area contributed by atoms with Crippen molar-refractivity contribution in [2.75, 3.05) is 6.26 Å². The molecule has 0 aliphatic carbocycles. The highest BCUT2D eigenvalue weighted by atomic mass is 33.5. The van der Waals surface area contributed by atoms with Gasteiger partial charge in [0.25, 0.3) is 0 Å². The molecule has 0 nitrogen and oxygen atoms in total. The topological polar surface area (TPSA) is 0 Å². The van der Waals surface area contributed by atoms with Crippen molar-refractivity contribution in [2.45, 2.75) is 13.8 Å². The molecule has 0 rings (SSSR count). The summed E-state index contributed by atoms with van der Waals surface area (Å²) in [6, 6.07) is 0. The first-order valence-corrected chi connectivity index (χ1v) is 6.22. The van der Waals surface area contributed by atoms with Gasteiger partial charge in [-0.25, -0.2) is 0 Å². The summed E-state index contributed by atoms with van der Waals surface area (Å²) in [7, 11) is 5.35. The van der Waals surface area contributed by atoms with Gasteiger partial charge < -0.3 is 0 Å². The van der Waals surface area contributed by atoms with Gasteiger partial charge in [0.2, 0.25) is 0 Å². The van der Waals surface area contributed by atoms with Crippen LogP contribution in [0.5, 0.6) is 0 Å². The average molecular weight is 166 g/mol. The maximum absolute atomic E-state index is 2.15. The molecule has 0 unspecified atom stereocenters. The molecule has 0 aliphatic rings. The fourth-order valence-electron chi connectivity index (χ4n) is 0.155. The molecular weight excluding hydrogens is 156 g/mol. The Bertz CT molecular complexity index is 73.7. The van der Waals surface area contributed by atoms with Gasteiger partial charge >= 0.3 is 0 Å². The quantitative estimate of drug-likeness (QED) is 0.465. The minimum atomic E-state index is 1.37. The Kier molecular flexibility index (Phi) is 6.50. The van der Waals surface area contributed by atoms with Crippen molar-refractivity contribution >= 4 is 31.4 Å². The van der Waals surface area contributed by atoms with Crippen molar-refractivity contribution in [3.05, 3.63) is 11.0 Å². The number of hydrogen-bond acceptors (Lipinski definition) is 3. The second-order valence-corrected chi connectivity index (χ2v) is 5.63. The zero-order chi connectivity index (χ0) is 6.41. The lowest BCUT2D eigenvalue weighted by Crippen LogP contribution is -1.53. The van der Waals surface area contributed by atoms with Crippen molar-refractivity contribution in [2.24, 2.45) is 0 Å². The van der Waals surface area contributed by atoms with Crippen molar-refractivity contribution in [1.82, 2.24) is 0 Å². The van der Waals surface area contributed by atoms with Gasteiger partial charge in [0.15, 0.2) is 0 Å². The summed E-state index contributed by atoms with van der Waals surface area (Å²) < 4.78 is 0. The Balaban J connectivity index is 3.03. The van der Waals surface area contributed by atoms with Crippen LogP contribution in [0.1, 0.15) is 13.8 Å². The first-order chi connectivity index (χ1) is 3.77. The van der Waals surface area contributed by atoms with E-state index in [0.29, 0.717) is 0 Å². The lowest BCUT2D eigenvalue weighted by molar-refractivity contribution is 1.42. The maximum atomic E-state index is 2.15. The maximum Gasteiger partial charge on any atom is -0.00708 e. The van der Waals surface area contributed by atoms with E-state index in [0.717, 1.165) is 0 Å². The van der Waals surface area contributed by atoms with Crippen LogP contribution in [0.2, 0.25) is 0 Å². The van der Waals surface area contributed by atoms with E-state index in [9.17, 15) is 0 Å². The van der Waals surface area contributed by atoms with Gasteiger partial charge in [-0.15, -0.1) is 0 Å². The fraction of sp³-hybridized carbons (Fsp3) is 0.600. The third kappa shape index (κ3) is 6.79. The Morgan fingerprint density at radius 3 is 2.38 bits per heavy atom. The van der Waals surface area contributed by atoms with Crippen LogP contribution in [0, 0.1) is 0 Å². The fourth-order valence-corrected chi connectivity index (χ4v) is 2.46. The molecule has 0 amide bonds. The van der Waals surface area contributed by atoms with Gasteiger partial charge in [0, 0.05) is 0 Å². The van der Waals surface area contributed by atoms with E-state index in [2.05, 4.69) is 25.5 Å². The summed E-state index contributed by atoms with van der Waals surface area (Å²) in [6.45, 7) is 4.21. The zero-order valence-electron chi connectivity index (χ0n) is 5.30. The predicted molar refractivity (Wildman–Crippen MR) is 48.1 cm³/mol. The van der Waals surface area contributed by atoms with Crippen LogP contribution in [0.25, 0.3) is 0 Å². The molecule has 0 radical (unpaired) electrons. The van der Waals surface area contributed by atoms with Crippen LogP contribution in [0.15, 0.2) is 11.0 Å². The number of hydrogen-bond donors (Lipinski definition) is 0. The molecule has 0 aromatic carbocycles. The Morgan fingerprint density at radius 2 is 2.00 bits per heavy atom. The minimum absolute atomic E-state index is 1.37. The summed E-state index contributed by atoms with van der Waals surface area (Å²) in [6.07, 6.45) is 2.08. The van der Waals surface area contributed by atoms with Crippen molar-refractivity contribution in [3.63, 3.8) is 0 Å². The molecule has 0 spiro atoms. The summed E-state index contributed by atoms with van der Waals surface area (Å²) in [5, 5.41) is 2.15. The SMILES string of the molecule is CSSSC=C(C)C. The van der Waals surface area contributed by atoms with E-state index in [1.54, 1.807) is 31.4 Å². The van der Waals surface area contributed by atoms with E-state index in [1.807, 2.05) is 0 Å². The second kappa shape index (κ2) is 5.92. The molecule has 0 saturated heterocycles. The molecule has 0 aromatic heterocycles. The Hall–Kier alpha value is 0.790. The van der Waals surface area contributed by atoms with E-state index < -0.39 is 0 Å². The largest absolute Gasteiger partial charge is 0.0857 e. The molecule has 3 heteroatoms. The third-order valence-corrected chi connectivity index (χ3v) is 4.04. The molecular formula is C5H10S3. The van der Waals surface area contributed by atoms with Gasteiger partial charge in [0.1, 0.15) is 0 Å². The Labute approximate surface area is 62.7 Å². The van der Waals surface area contributed by atoms with Crippen LogP contribution in [0.3, 0.4) is 0 Å². The van der Waals surface area contributed by atoms with Crippen LogP contribution in [-0.4, -0.2) is 6.26 Å². The van der Waals surface area contributed by atoms with Crippen LogP contribution in [0.4, 0.5) is 0 Å². The first-order valence-electron chi connectivity index (χ1n) is 2.27. The molecule has 8 heavy (non-hydrogen) atoms. The van der Waals surface area contributed by atoms with Crippen molar-refractivity contribution in [3.8, 4) is 0 Å². The molecule has 0 atom stereocenters. The zero-order valence-corrected chi connectivity index (χ0v) is 7.75. The standard InChI is InChI=1S/C5H10S3/c1-5(2)4-7-8-6-3/h4H,1-3H3. The second-order valence-electron chi connectivity index (χ2n) is 1.53. The summed E-state index contributed by atoms with van der Waals surface area (Å²) in [4.78, 5) is 0. The van der Waals surface area contributed by atoms with E-state index in [-0.39, 0.29) is 0 Å². The van der Waals surface area contributed by atoms with Gasteiger partial charge in [-0.1, -0.05) is 27.2 Å². The highest BCUT2D eigenvalue weighted by molar-refractivity contribution is 9.09. The average Bonchev–Trinajstić information content (AvgIpc) is 1.66. The number of rotatable bonds is 3. The lowest BCUT2D eigenvalue weighted by Gasteiger charge is -1.87. The van der Waals surface area contributed by atoms with Crippen LogP contribution in [-0.2, 0) is 0 Å². The van der Waals surface area contributed by atoms with E-state index >= 15 is 0 Å². The Morgan fingerprint density at radius 1 is 1.38 bits per heavy atom. The molecule has 0 heterocycles. The molecule has 0 aromatic rings. The molecule has 0 aliphatic heterocycles. The normalized spacial score (nSPS) is 8.88. The highest BCUT2D eigenvalue weighted by Gasteiger charge is 1.79. The van der Waals surface area contributed by atoms with Crippen LogP contribution < -0.4 is 0 Å². The van der Waals surface area contributed by atoms with Crippen molar-refractivity contribution in [1.29, 1.82) is 0 Å². The van der Waals surface area contributed by atoms with Gasteiger partial charge in [-0.2, -0.15) is 0 Å². The molecule has 0 N–H and O–H groups in total. The summed E-state index contributed by atoms with van der Waals surface area (Å²) in [5.41, 5.74) is 1.37. The smallest absolute Gasteiger partial charge is 0.00708 e. The molecule has 0 bridgehead atoms. The number of allylic oxidation sites excluding steroid dienone is 1. The molecule has 0 saturated carbocycles. The van der Waals surface area contributed by atoms with Gasteiger partial charge in [-0.05, 0) is 35.3 Å². The minimum Gasteiger partial charge on any atom is -0.0857 e.